The van der Waals surface area contributed by atoms with Crippen LogP contribution < -0.4 is 0 Å². The fourth-order valence-corrected chi connectivity index (χ4v) is 4.94. The van der Waals surface area contributed by atoms with Crippen LogP contribution in [0.15, 0.2) is 72.8 Å². The van der Waals surface area contributed by atoms with Gasteiger partial charge in [-0.2, -0.15) is 0 Å². The molecular weight excluding hydrogens is 288 g/mol. The van der Waals surface area contributed by atoms with Gasteiger partial charge in [0.25, 0.3) is 0 Å². The van der Waals surface area contributed by atoms with Gasteiger partial charge in [0.1, 0.15) is 0 Å². The van der Waals surface area contributed by atoms with Crippen molar-refractivity contribution < 1.29 is 0 Å². The minimum Gasteiger partial charge on any atom is -0.0616 e. The number of hydrogen-bond acceptors (Lipinski definition) is 0. The van der Waals surface area contributed by atoms with Gasteiger partial charge in [0.05, 0.1) is 0 Å². The lowest BCUT2D eigenvalue weighted by Crippen LogP contribution is -1.97. The Morgan fingerprint density at radius 2 is 0.417 bits per heavy atom. The van der Waals surface area contributed by atoms with Gasteiger partial charge in [0, 0.05) is 0 Å². The third-order valence-corrected chi connectivity index (χ3v) is 5.90. The molecule has 0 heteroatoms. The normalized spacial score (nSPS) is 13.0. The standard InChI is InChI=1S/C24H12/c1-2-8-14-13(7-1)19-20(14)22-17-11-5-6-12-18(17)24(22)23-16-10-4-3-9-15(16)21(19)23/h1-12H. The smallest absolute Gasteiger partial charge is 0.000718 e. The average molecular weight is 300 g/mol. The van der Waals surface area contributed by atoms with E-state index in [1.165, 1.54) is 64.6 Å². The summed E-state index contributed by atoms with van der Waals surface area (Å²) in [6, 6.07) is 26.6. The molecule has 108 valence electrons. The molecule has 0 nitrogen and oxygen atoms in total. The Balaban J connectivity index is 1.91. The highest BCUT2D eigenvalue weighted by atomic mass is 14.3. The minimum absolute atomic E-state index is 1.42. The van der Waals surface area contributed by atoms with Gasteiger partial charge in [-0.1, -0.05) is 72.8 Å². The van der Waals surface area contributed by atoms with Gasteiger partial charge in [0.15, 0.2) is 0 Å². The Morgan fingerprint density at radius 3 is 0.583 bits per heavy atom. The molecule has 0 radical (unpaired) electrons. The van der Waals surface area contributed by atoms with E-state index in [0.717, 1.165) is 0 Å². The molecule has 24 heavy (non-hydrogen) atoms. The first kappa shape index (κ1) is 11.4. The van der Waals surface area contributed by atoms with Crippen LogP contribution in [0, 0.1) is 0 Å². The molecule has 0 aliphatic rings. The molecule has 7 aromatic rings. The summed E-state index contributed by atoms with van der Waals surface area (Å²) in [6.07, 6.45) is 0. The van der Waals surface area contributed by atoms with Crippen molar-refractivity contribution >= 4 is 64.6 Å². The zero-order valence-electron chi connectivity index (χ0n) is 12.9. The predicted molar refractivity (Wildman–Crippen MR) is 105 cm³/mol. The Kier molecular flexibility index (Phi) is 1.67. The second kappa shape index (κ2) is 3.52. The zero-order chi connectivity index (χ0) is 15.4. The molecule has 0 fully saturated rings. The van der Waals surface area contributed by atoms with E-state index < -0.39 is 0 Å². The minimum atomic E-state index is 1.42. The largest absolute Gasteiger partial charge is 0.0616 e. The van der Waals surface area contributed by atoms with E-state index in [-0.39, 0.29) is 0 Å². The topological polar surface area (TPSA) is 0 Å². The van der Waals surface area contributed by atoms with Crippen LogP contribution in [0.4, 0.5) is 0 Å². The summed E-state index contributed by atoms with van der Waals surface area (Å²) < 4.78 is 0. The van der Waals surface area contributed by atoms with Crippen molar-refractivity contribution in [2.24, 2.45) is 0 Å². The summed E-state index contributed by atoms with van der Waals surface area (Å²) in [6.45, 7) is 0. The van der Waals surface area contributed by atoms with Crippen LogP contribution in [0.2, 0.25) is 0 Å². The highest BCUT2D eigenvalue weighted by Crippen LogP contribution is 2.55. The molecule has 0 saturated carbocycles. The van der Waals surface area contributed by atoms with E-state index >= 15 is 0 Å². The molecule has 7 rings (SSSR count). The SMILES string of the molecule is c1ccc2c(c1)c1c3c4ccccc4c3c3c4ccccc4c3c21. The predicted octanol–water partition coefficient (Wildman–Crippen LogP) is 6.92. The lowest BCUT2D eigenvalue weighted by molar-refractivity contribution is 1.79. The van der Waals surface area contributed by atoms with Crippen LogP contribution in [-0.4, -0.2) is 0 Å². The maximum Gasteiger partial charge on any atom is -0.000718 e. The molecule has 0 aromatic heterocycles. The summed E-state index contributed by atoms with van der Waals surface area (Å²) >= 11 is 0. The molecule has 0 bridgehead atoms. The molecular formula is C24H12. The lowest BCUT2D eigenvalue weighted by atomic mass is 9.76. The Bertz CT molecular complexity index is 1200. The van der Waals surface area contributed by atoms with Gasteiger partial charge < -0.3 is 0 Å². The maximum absolute atomic E-state index is 2.27. The molecule has 0 N–H and O–H groups in total. The molecule has 0 unspecified atom stereocenters. The van der Waals surface area contributed by atoms with Crippen molar-refractivity contribution in [3.05, 3.63) is 72.8 Å². The Labute approximate surface area is 137 Å². The first-order valence-electron chi connectivity index (χ1n) is 8.48. The second-order valence-electron chi connectivity index (χ2n) is 6.89. The van der Waals surface area contributed by atoms with E-state index in [1.54, 1.807) is 0 Å². The summed E-state index contributed by atoms with van der Waals surface area (Å²) in [7, 11) is 0. The van der Waals surface area contributed by atoms with Crippen molar-refractivity contribution in [3.63, 3.8) is 0 Å². The van der Waals surface area contributed by atoms with E-state index in [0.29, 0.717) is 0 Å². The first-order valence-corrected chi connectivity index (χ1v) is 8.48. The van der Waals surface area contributed by atoms with Crippen molar-refractivity contribution in [2.45, 2.75) is 0 Å². The summed E-state index contributed by atoms with van der Waals surface area (Å²) in [4.78, 5) is 0. The van der Waals surface area contributed by atoms with Gasteiger partial charge in [-0.25, -0.2) is 0 Å². The number of benzene rings is 4. The quantitative estimate of drug-likeness (QED) is 0.285. The molecule has 0 aliphatic heterocycles. The first-order chi connectivity index (χ1) is 11.9. The zero-order valence-corrected chi connectivity index (χ0v) is 12.9. The average Bonchev–Trinajstić information content (AvgIpc) is 2.62. The van der Waals surface area contributed by atoms with Gasteiger partial charge in [0.2, 0.25) is 0 Å². The number of rotatable bonds is 0. The molecule has 0 atom stereocenters. The van der Waals surface area contributed by atoms with Crippen molar-refractivity contribution in [1.82, 2.24) is 0 Å². The second-order valence-corrected chi connectivity index (χ2v) is 6.89. The van der Waals surface area contributed by atoms with Crippen LogP contribution in [0.3, 0.4) is 0 Å². The monoisotopic (exact) mass is 300 g/mol. The van der Waals surface area contributed by atoms with E-state index in [4.69, 9.17) is 0 Å². The van der Waals surface area contributed by atoms with Crippen LogP contribution in [0.25, 0.3) is 64.6 Å². The summed E-state index contributed by atoms with van der Waals surface area (Å²) in [5, 5.41) is 17.4. The molecule has 0 spiro atoms. The van der Waals surface area contributed by atoms with Crippen LogP contribution >= 0.6 is 0 Å². The van der Waals surface area contributed by atoms with Crippen LogP contribution in [0.5, 0.6) is 0 Å². The third-order valence-electron chi connectivity index (χ3n) is 5.90. The Hall–Kier alpha value is -3.12. The molecule has 0 heterocycles. The lowest BCUT2D eigenvalue weighted by Gasteiger charge is -2.26. The number of fused-ring (bicyclic) bond motifs is 15. The van der Waals surface area contributed by atoms with Crippen molar-refractivity contribution in [2.75, 3.05) is 0 Å². The summed E-state index contributed by atoms with van der Waals surface area (Å²) in [5.74, 6) is 0. The van der Waals surface area contributed by atoms with Crippen LogP contribution in [0.1, 0.15) is 0 Å². The highest BCUT2D eigenvalue weighted by molar-refractivity contribution is 6.56. The van der Waals surface area contributed by atoms with E-state index in [9.17, 15) is 0 Å². The molecule has 0 aliphatic carbocycles. The fourth-order valence-electron chi connectivity index (χ4n) is 4.94. The Morgan fingerprint density at radius 1 is 0.250 bits per heavy atom. The van der Waals surface area contributed by atoms with Crippen molar-refractivity contribution in [1.29, 1.82) is 0 Å². The summed E-state index contributed by atoms with van der Waals surface area (Å²) in [5.41, 5.74) is 0. The molecule has 0 amide bonds. The molecule has 7 aromatic carbocycles. The van der Waals surface area contributed by atoms with E-state index in [2.05, 4.69) is 72.8 Å². The third kappa shape index (κ3) is 0.995. The fraction of sp³-hybridized carbons (Fsp3) is 0. The van der Waals surface area contributed by atoms with Crippen LogP contribution in [-0.2, 0) is 0 Å². The van der Waals surface area contributed by atoms with Gasteiger partial charge in [-0.3, -0.25) is 0 Å². The molecule has 0 saturated heterocycles. The van der Waals surface area contributed by atoms with Gasteiger partial charge in [-0.05, 0) is 64.6 Å². The maximum atomic E-state index is 2.27. The highest BCUT2D eigenvalue weighted by Gasteiger charge is 2.26. The van der Waals surface area contributed by atoms with E-state index in [1.807, 2.05) is 0 Å². The van der Waals surface area contributed by atoms with Gasteiger partial charge in [-0.15, -0.1) is 0 Å². The number of hydrogen-bond donors (Lipinski definition) is 0. The van der Waals surface area contributed by atoms with Crippen molar-refractivity contribution in [3.8, 4) is 0 Å². The van der Waals surface area contributed by atoms with Gasteiger partial charge >= 0.3 is 0 Å².